The second kappa shape index (κ2) is 5.23. The van der Waals surface area contributed by atoms with Gasteiger partial charge in [-0.05, 0) is 30.7 Å². The van der Waals surface area contributed by atoms with Gasteiger partial charge < -0.3 is 11.1 Å². The fraction of sp³-hybridized carbons (Fsp3) is 0.200. The van der Waals surface area contributed by atoms with Crippen LogP contribution in [-0.2, 0) is 0 Å². The fourth-order valence-corrected chi connectivity index (χ4v) is 1.37. The average Bonchev–Trinajstić information content (AvgIpc) is 2.18. The van der Waals surface area contributed by atoms with Gasteiger partial charge in [-0.3, -0.25) is 4.79 Å². The number of carbonyl (C=O) groups excluding carboxylic acids is 1. The lowest BCUT2D eigenvalue weighted by Gasteiger charge is -2.05. The zero-order valence-electron chi connectivity index (χ0n) is 8.21. The molecule has 0 heterocycles. The van der Waals surface area contributed by atoms with Crippen LogP contribution in [0.3, 0.4) is 0 Å². The normalized spacial score (nSPS) is 9.73. The van der Waals surface area contributed by atoms with E-state index in [1.54, 1.807) is 12.1 Å². The predicted molar refractivity (Wildman–Crippen MR) is 68.0 cm³/mol. The highest BCUT2D eigenvalue weighted by atomic mass is 79.9. The number of hydrogen-bond donors (Lipinski definition) is 2. The number of halogens is 1. The van der Waals surface area contributed by atoms with Crippen molar-refractivity contribution in [3.8, 4) is 0 Å². The Balaban J connectivity index is 2.74. The van der Waals surface area contributed by atoms with Crippen molar-refractivity contribution in [1.29, 1.82) is 0 Å². The minimum absolute atomic E-state index is 0.168. The number of amides is 1. The number of carbonyl (C=O) groups is 1. The van der Waals surface area contributed by atoms with E-state index in [2.05, 4.69) is 33.5 Å². The molecule has 1 aromatic carbocycles. The maximum Gasteiger partial charge on any atom is 0.251 e. The molecule has 80 valence electrons. The summed E-state index contributed by atoms with van der Waals surface area (Å²) < 4.78 is 0.980. The molecular weight excluding hydrogens is 276 g/mol. The Morgan fingerprint density at radius 2 is 2.27 bits per heavy atom. The predicted octanol–water partition coefficient (Wildman–Crippen LogP) is 1.77. The molecule has 3 nitrogen and oxygen atoms in total. The van der Waals surface area contributed by atoms with Gasteiger partial charge in [0.1, 0.15) is 0 Å². The third kappa shape index (κ3) is 3.60. The van der Waals surface area contributed by atoms with Crippen molar-refractivity contribution in [2.24, 2.45) is 5.73 Å². The van der Waals surface area contributed by atoms with Crippen LogP contribution in [0.4, 0.5) is 0 Å². The van der Waals surface area contributed by atoms with E-state index in [4.69, 9.17) is 5.73 Å². The van der Waals surface area contributed by atoms with Gasteiger partial charge in [-0.1, -0.05) is 28.1 Å². The molecule has 0 aliphatic heterocycles. The smallest absolute Gasteiger partial charge is 0.251 e. The molecule has 1 rings (SSSR count). The summed E-state index contributed by atoms with van der Waals surface area (Å²) in [6.45, 7) is 2.15. The van der Waals surface area contributed by atoms with E-state index in [9.17, 15) is 4.79 Å². The van der Waals surface area contributed by atoms with Crippen LogP contribution in [0.25, 0.3) is 0 Å². The van der Waals surface area contributed by atoms with Crippen LogP contribution >= 0.6 is 28.1 Å². The number of rotatable bonds is 3. The maximum absolute atomic E-state index is 11.6. The molecule has 0 fully saturated rings. The Labute approximate surface area is 102 Å². The Kier molecular flexibility index (Phi) is 4.23. The molecule has 1 aromatic rings. The summed E-state index contributed by atoms with van der Waals surface area (Å²) in [7, 11) is 0. The number of nitrogens with two attached hydrogens (primary N) is 1. The lowest BCUT2D eigenvalue weighted by molar-refractivity contribution is 0.0959. The van der Waals surface area contributed by atoms with Crippen molar-refractivity contribution in [2.75, 3.05) is 6.54 Å². The van der Waals surface area contributed by atoms with E-state index in [0.29, 0.717) is 5.56 Å². The molecular formula is C10H11BrN2OS. The molecule has 0 aliphatic carbocycles. The number of hydrogen-bond acceptors (Lipinski definition) is 2. The standard InChI is InChI=1S/C10H11BrN2OS/c1-6-4-7(2-3-8(6)11)10(14)13-5-9(12)15/h2-4H,5H2,1H3,(H2,12,15)(H,13,14). The van der Waals surface area contributed by atoms with Crippen molar-refractivity contribution >= 4 is 39.0 Å². The fourth-order valence-electron chi connectivity index (χ4n) is 1.06. The lowest BCUT2D eigenvalue weighted by atomic mass is 10.1. The van der Waals surface area contributed by atoms with Gasteiger partial charge in [-0.2, -0.15) is 0 Å². The van der Waals surface area contributed by atoms with E-state index >= 15 is 0 Å². The highest BCUT2D eigenvalue weighted by Crippen LogP contribution is 2.16. The number of nitrogens with one attached hydrogen (secondary N) is 1. The highest BCUT2D eigenvalue weighted by molar-refractivity contribution is 9.10. The van der Waals surface area contributed by atoms with Crippen LogP contribution in [0, 0.1) is 6.92 Å². The Morgan fingerprint density at radius 1 is 1.60 bits per heavy atom. The van der Waals surface area contributed by atoms with Crippen LogP contribution in [0.5, 0.6) is 0 Å². The summed E-state index contributed by atoms with van der Waals surface area (Å²) in [5.74, 6) is -0.168. The van der Waals surface area contributed by atoms with Crippen LogP contribution < -0.4 is 11.1 Å². The summed E-state index contributed by atoms with van der Waals surface area (Å²) in [5.41, 5.74) is 6.90. The first kappa shape index (κ1) is 12.1. The molecule has 0 saturated heterocycles. The van der Waals surface area contributed by atoms with E-state index in [1.165, 1.54) is 0 Å². The van der Waals surface area contributed by atoms with Crippen molar-refractivity contribution in [3.05, 3.63) is 33.8 Å². The molecule has 0 atom stereocenters. The summed E-state index contributed by atoms with van der Waals surface area (Å²) in [4.78, 5) is 11.8. The zero-order chi connectivity index (χ0) is 11.4. The van der Waals surface area contributed by atoms with Crippen LogP contribution in [-0.4, -0.2) is 17.4 Å². The highest BCUT2D eigenvalue weighted by Gasteiger charge is 2.06. The first-order valence-corrected chi connectivity index (χ1v) is 5.53. The molecule has 0 aromatic heterocycles. The van der Waals surface area contributed by atoms with E-state index < -0.39 is 0 Å². The van der Waals surface area contributed by atoms with Crippen molar-refractivity contribution in [2.45, 2.75) is 6.92 Å². The molecule has 0 spiro atoms. The molecule has 0 radical (unpaired) electrons. The minimum atomic E-state index is -0.168. The van der Waals surface area contributed by atoms with Crippen LogP contribution in [0.2, 0.25) is 0 Å². The third-order valence-electron chi connectivity index (χ3n) is 1.84. The maximum atomic E-state index is 11.6. The van der Waals surface area contributed by atoms with E-state index in [-0.39, 0.29) is 17.4 Å². The summed E-state index contributed by atoms with van der Waals surface area (Å²) in [6.07, 6.45) is 0. The molecule has 0 saturated carbocycles. The summed E-state index contributed by atoms with van der Waals surface area (Å²) >= 11 is 8.03. The number of thiocarbonyl (C=S) groups is 1. The topological polar surface area (TPSA) is 55.1 Å². The molecule has 3 N–H and O–H groups in total. The first-order chi connectivity index (χ1) is 7.00. The third-order valence-corrected chi connectivity index (χ3v) is 2.88. The Morgan fingerprint density at radius 3 is 2.80 bits per heavy atom. The summed E-state index contributed by atoms with van der Waals surface area (Å²) in [6, 6.07) is 5.38. The SMILES string of the molecule is Cc1cc(C(=O)NCC(N)=S)ccc1Br. The molecule has 15 heavy (non-hydrogen) atoms. The number of aryl methyl sites for hydroxylation is 1. The van der Waals surface area contributed by atoms with E-state index in [0.717, 1.165) is 10.0 Å². The van der Waals surface area contributed by atoms with E-state index in [1.807, 2.05) is 13.0 Å². The molecule has 0 aliphatic rings. The van der Waals surface area contributed by atoms with Crippen molar-refractivity contribution in [1.82, 2.24) is 5.32 Å². The number of benzene rings is 1. The van der Waals surface area contributed by atoms with Gasteiger partial charge in [0, 0.05) is 10.0 Å². The average molecular weight is 287 g/mol. The second-order valence-corrected chi connectivity index (χ2v) is 4.49. The van der Waals surface area contributed by atoms with Gasteiger partial charge in [0.25, 0.3) is 5.91 Å². The van der Waals surface area contributed by atoms with Gasteiger partial charge in [0.2, 0.25) is 0 Å². The first-order valence-electron chi connectivity index (χ1n) is 4.33. The molecule has 0 unspecified atom stereocenters. The Bertz CT molecular complexity index is 406. The van der Waals surface area contributed by atoms with Crippen molar-refractivity contribution in [3.63, 3.8) is 0 Å². The van der Waals surface area contributed by atoms with Crippen LogP contribution in [0.15, 0.2) is 22.7 Å². The van der Waals surface area contributed by atoms with Gasteiger partial charge >= 0.3 is 0 Å². The van der Waals surface area contributed by atoms with Gasteiger partial charge in [0.15, 0.2) is 0 Å². The molecule has 5 heteroatoms. The summed E-state index contributed by atoms with van der Waals surface area (Å²) in [5, 5.41) is 2.62. The minimum Gasteiger partial charge on any atom is -0.392 e. The van der Waals surface area contributed by atoms with Gasteiger partial charge in [-0.25, -0.2) is 0 Å². The lowest BCUT2D eigenvalue weighted by Crippen LogP contribution is -2.32. The van der Waals surface area contributed by atoms with Crippen LogP contribution in [0.1, 0.15) is 15.9 Å². The van der Waals surface area contributed by atoms with Gasteiger partial charge in [0.05, 0.1) is 11.5 Å². The zero-order valence-corrected chi connectivity index (χ0v) is 10.6. The van der Waals surface area contributed by atoms with Gasteiger partial charge in [-0.15, -0.1) is 0 Å². The Hall–Kier alpha value is -0.940. The monoisotopic (exact) mass is 286 g/mol. The van der Waals surface area contributed by atoms with Crippen molar-refractivity contribution < 1.29 is 4.79 Å². The largest absolute Gasteiger partial charge is 0.392 e. The quantitative estimate of drug-likeness (QED) is 0.833. The second-order valence-electron chi connectivity index (χ2n) is 3.11. The molecule has 0 bridgehead atoms. The molecule has 1 amide bonds.